The summed E-state index contributed by atoms with van der Waals surface area (Å²) in [5.41, 5.74) is 4.69. The van der Waals surface area contributed by atoms with Crippen molar-refractivity contribution >= 4 is 5.97 Å². The van der Waals surface area contributed by atoms with Crippen LogP contribution in [0.3, 0.4) is 0 Å². The van der Waals surface area contributed by atoms with Gasteiger partial charge in [0.25, 0.3) is 0 Å². The molecule has 0 saturated heterocycles. The Labute approximate surface area is 173 Å². The van der Waals surface area contributed by atoms with Crippen molar-refractivity contribution in [2.45, 2.75) is 6.54 Å². The van der Waals surface area contributed by atoms with Crippen LogP contribution in [0.4, 0.5) is 4.39 Å². The van der Waals surface area contributed by atoms with Gasteiger partial charge in [-0.15, -0.1) is 0 Å². The minimum atomic E-state index is -0.952. The van der Waals surface area contributed by atoms with Crippen LogP contribution < -0.4 is 5.32 Å². The molecule has 4 aromatic rings. The Morgan fingerprint density at radius 1 is 0.933 bits per heavy atom. The van der Waals surface area contributed by atoms with E-state index in [-0.39, 0.29) is 18.9 Å². The highest BCUT2D eigenvalue weighted by Gasteiger charge is 2.17. The third kappa shape index (κ3) is 4.14. The van der Waals surface area contributed by atoms with Gasteiger partial charge in [-0.3, -0.25) is 4.79 Å². The van der Waals surface area contributed by atoms with Gasteiger partial charge in [-0.05, 0) is 35.4 Å². The molecule has 2 N–H and O–H groups in total. The Hall–Kier alpha value is -3.77. The number of halogens is 1. The van der Waals surface area contributed by atoms with Gasteiger partial charge < -0.3 is 10.4 Å². The SMILES string of the molecule is O=C(O)CNCc1cnn(-c2ccc(-c3ccccc3)cc2)c1-c1ccccc1F. The van der Waals surface area contributed by atoms with Crippen LogP contribution in [0.2, 0.25) is 0 Å². The molecule has 0 aliphatic heterocycles. The first-order valence-electron chi connectivity index (χ1n) is 9.53. The van der Waals surface area contributed by atoms with Crippen LogP contribution >= 0.6 is 0 Å². The van der Waals surface area contributed by atoms with E-state index in [1.807, 2.05) is 54.6 Å². The minimum Gasteiger partial charge on any atom is -0.480 e. The number of carboxylic acids is 1. The number of hydrogen-bond donors (Lipinski definition) is 2. The lowest BCUT2D eigenvalue weighted by Crippen LogP contribution is -2.22. The molecule has 1 heterocycles. The molecule has 30 heavy (non-hydrogen) atoms. The molecule has 5 nitrogen and oxygen atoms in total. The summed E-state index contributed by atoms with van der Waals surface area (Å²) in [5.74, 6) is -1.31. The van der Waals surface area contributed by atoms with E-state index in [1.165, 1.54) is 6.07 Å². The van der Waals surface area contributed by atoms with Crippen LogP contribution in [0.15, 0.2) is 85.1 Å². The van der Waals surface area contributed by atoms with Crippen molar-refractivity contribution in [1.82, 2.24) is 15.1 Å². The van der Waals surface area contributed by atoms with Crippen LogP contribution in [0, 0.1) is 5.82 Å². The Bertz CT molecular complexity index is 1150. The van der Waals surface area contributed by atoms with Crippen molar-refractivity contribution in [3.63, 3.8) is 0 Å². The predicted molar refractivity (Wildman–Crippen MR) is 114 cm³/mol. The van der Waals surface area contributed by atoms with Crippen molar-refractivity contribution < 1.29 is 14.3 Å². The summed E-state index contributed by atoms with van der Waals surface area (Å²) < 4.78 is 16.3. The van der Waals surface area contributed by atoms with Gasteiger partial charge in [0.1, 0.15) is 5.82 Å². The second kappa shape index (κ2) is 8.71. The van der Waals surface area contributed by atoms with Gasteiger partial charge in [0.15, 0.2) is 0 Å². The minimum absolute atomic E-state index is 0.187. The third-order valence-electron chi connectivity index (χ3n) is 4.78. The Morgan fingerprint density at radius 3 is 2.30 bits per heavy atom. The average molecular weight is 401 g/mol. The fourth-order valence-corrected chi connectivity index (χ4v) is 3.38. The quantitative estimate of drug-likeness (QED) is 0.478. The molecular weight excluding hydrogens is 381 g/mol. The fraction of sp³-hybridized carbons (Fsp3) is 0.0833. The van der Waals surface area contributed by atoms with Gasteiger partial charge in [-0.25, -0.2) is 9.07 Å². The van der Waals surface area contributed by atoms with E-state index in [0.717, 1.165) is 16.8 Å². The molecule has 0 saturated carbocycles. The molecular formula is C24H20FN3O2. The maximum atomic E-state index is 14.6. The molecule has 150 valence electrons. The normalized spacial score (nSPS) is 10.8. The second-order valence-electron chi connectivity index (χ2n) is 6.82. The molecule has 3 aromatic carbocycles. The van der Waals surface area contributed by atoms with Gasteiger partial charge in [0.2, 0.25) is 0 Å². The van der Waals surface area contributed by atoms with E-state index in [4.69, 9.17) is 5.11 Å². The van der Waals surface area contributed by atoms with E-state index in [1.54, 1.807) is 29.1 Å². The molecule has 0 amide bonds. The van der Waals surface area contributed by atoms with Crippen molar-refractivity contribution in [1.29, 1.82) is 0 Å². The molecule has 0 aliphatic carbocycles. The molecule has 0 unspecified atom stereocenters. The number of hydrogen-bond acceptors (Lipinski definition) is 3. The first kappa shape index (κ1) is 19.5. The van der Waals surface area contributed by atoms with Crippen LogP contribution in [0.25, 0.3) is 28.1 Å². The maximum absolute atomic E-state index is 14.6. The van der Waals surface area contributed by atoms with E-state index in [2.05, 4.69) is 10.4 Å². The average Bonchev–Trinajstić information content (AvgIpc) is 3.18. The van der Waals surface area contributed by atoms with E-state index in [0.29, 0.717) is 16.8 Å². The highest BCUT2D eigenvalue weighted by molar-refractivity contribution is 5.70. The van der Waals surface area contributed by atoms with Crippen LogP contribution in [-0.4, -0.2) is 27.4 Å². The molecule has 0 bridgehead atoms. The van der Waals surface area contributed by atoms with Crippen LogP contribution in [0.1, 0.15) is 5.56 Å². The number of nitrogens with one attached hydrogen (secondary N) is 1. The summed E-state index contributed by atoms with van der Waals surface area (Å²) in [7, 11) is 0. The number of nitrogens with zero attached hydrogens (tertiary/aromatic N) is 2. The van der Waals surface area contributed by atoms with Gasteiger partial charge in [0.05, 0.1) is 24.1 Å². The zero-order valence-electron chi connectivity index (χ0n) is 16.1. The van der Waals surface area contributed by atoms with Crippen molar-refractivity contribution in [3.05, 3.63) is 96.4 Å². The lowest BCUT2D eigenvalue weighted by Gasteiger charge is -2.12. The molecule has 0 aliphatic rings. The lowest BCUT2D eigenvalue weighted by molar-refractivity contribution is -0.135. The molecule has 0 spiro atoms. The molecule has 4 rings (SSSR count). The number of carboxylic acid groups (broad SMARTS) is 1. The van der Waals surface area contributed by atoms with E-state index < -0.39 is 5.97 Å². The highest BCUT2D eigenvalue weighted by Crippen LogP contribution is 2.30. The van der Waals surface area contributed by atoms with Crippen LogP contribution in [0.5, 0.6) is 0 Å². The van der Waals surface area contributed by atoms with E-state index in [9.17, 15) is 9.18 Å². The van der Waals surface area contributed by atoms with Gasteiger partial charge in [-0.2, -0.15) is 5.10 Å². The number of aromatic nitrogens is 2. The summed E-state index contributed by atoms with van der Waals surface area (Å²) in [6.45, 7) is 0.0751. The first-order chi connectivity index (χ1) is 14.6. The highest BCUT2D eigenvalue weighted by atomic mass is 19.1. The number of aliphatic carboxylic acids is 1. The summed E-state index contributed by atoms with van der Waals surface area (Å²) in [5, 5.41) is 16.2. The molecule has 0 radical (unpaired) electrons. The first-order valence-corrected chi connectivity index (χ1v) is 9.53. The number of benzene rings is 3. The zero-order chi connectivity index (χ0) is 20.9. The lowest BCUT2D eigenvalue weighted by atomic mass is 10.0. The standard InChI is InChI=1S/C24H20FN3O2/c25-22-9-5-4-8-21(22)24-19(14-26-16-23(29)30)15-27-28(24)20-12-10-18(11-13-20)17-6-2-1-3-7-17/h1-13,15,26H,14,16H2,(H,29,30). The number of rotatable bonds is 7. The Morgan fingerprint density at radius 2 is 1.60 bits per heavy atom. The van der Waals surface area contributed by atoms with Crippen molar-refractivity contribution in [3.8, 4) is 28.1 Å². The van der Waals surface area contributed by atoms with Crippen molar-refractivity contribution in [2.24, 2.45) is 0 Å². The maximum Gasteiger partial charge on any atom is 0.317 e. The topological polar surface area (TPSA) is 67.2 Å². The predicted octanol–water partition coefficient (Wildman–Crippen LogP) is 4.52. The Kier molecular flexibility index (Phi) is 5.68. The summed E-state index contributed by atoms with van der Waals surface area (Å²) in [6, 6.07) is 24.4. The largest absolute Gasteiger partial charge is 0.480 e. The van der Waals surface area contributed by atoms with Gasteiger partial charge in [-0.1, -0.05) is 54.6 Å². The second-order valence-corrected chi connectivity index (χ2v) is 6.82. The summed E-state index contributed by atoms with van der Waals surface area (Å²) in [6.07, 6.45) is 1.64. The monoisotopic (exact) mass is 401 g/mol. The van der Waals surface area contributed by atoms with Gasteiger partial charge in [0, 0.05) is 17.7 Å². The smallest absolute Gasteiger partial charge is 0.317 e. The molecule has 1 aromatic heterocycles. The Balaban J connectivity index is 1.73. The van der Waals surface area contributed by atoms with Gasteiger partial charge >= 0.3 is 5.97 Å². The fourth-order valence-electron chi connectivity index (χ4n) is 3.38. The number of carbonyl (C=O) groups is 1. The molecule has 0 atom stereocenters. The van der Waals surface area contributed by atoms with Crippen molar-refractivity contribution in [2.75, 3.05) is 6.54 Å². The van der Waals surface area contributed by atoms with E-state index >= 15 is 0 Å². The zero-order valence-corrected chi connectivity index (χ0v) is 16.1. The molecule has 0 fully saturated rings. The summed E-state index contributed by atoms with van der Waals surface area (Å²) >= 11 is 0. The van der Waals surface area contributed by atoms with Crippen LogP contribution in [-0.2, 0) is 11.3 Å². The summed E-state index contributed by atoms with van der Waals surface area (Å²) in [4.78, 5) is 10.8. The third-order valence-corrected chi connectivity index (χ3v) is 4.78. The molecule has 6 heteroatoms.